The third-order valence-corrected chi connectivity index (χ3v) is 3.79. The van der Waals surface area contributed by atoms with Crippen molar-refractivity contribution in [3.05, 3.63) is 0 Å². The van der Waals surface area contributed by atoms with Crippen molar-refractivity contribution in [3.63, 3.8) is 0 Å². The van der Waals surface area contributed by atoms with Gasteiger partial charge in [0.15, 0.2) is 0 Å². The van der Waals surface area contributed by atoms with E-state index in [-0.39, 0.29) is 11.1 Å². The first-order chi connectivity index (χ1) is 6.49. The summed E-state index contributed by atoms with van der Waals surface area (Å²) in [7, 11) is 0. The zero-order valence-corrected chi connectivity index (χ0v) is 9.51. The van der Waals surface area contributed by atoms with Gasteiger partial charge in [-0.2, -0.15) is 0 Å². The second kappa shape index (κ2) is 3.49. The molecule has 0 radical (unpaired) electrons. The van der Waals surface area contributed by atoms with Crippen LogP contribution >= 0.6 is 0 Å². The molecule has 2 heteroatoms. The highest BCUT2D eigenvalue weighted by atomic mass is 16.5. The van der Waals surface area contributed by atoms with E-state index in [0.717, 1.165) is 6.42 Å². The average molecular weight is 197 g/mol. The molecular formula is C12H23NO. The van der Waals surface area contributed by atoms with Crippen LogP contribution in [0.5, 0.6) is 0 Å². The Morgan fingerprint density at radius 2 is 1.86 bits per heavy atom. The molecule has 0 aromatic heterocycles. The molecule has 2 N–H and O–H groups in total. The van der Waals surface area contributed by atoms with Gasteiger partial charge in [0, 0.05) is 5.54 Å². The molecule has 1 aliphatic carbocycles. The fraction of sp³-hybridized carbons (Fsp3) is 1.00. The van der Waals surface area contributed by atoms with Crippen LogP contribution in [0.15, 0.2) is 0 Å². The third kappa shape index (κ3) is 2.29. The van der Waals surface area contributed by atoms with E-state index < -0.39 is 0 Å². The van der Waals surface area contributed by atoms with Gasteiger partial charge in [0.05, 0.1) is 11.7 Å². The summed E-state index contributed by atoms with van der Waals surface area (Å²) in [5, 5.41) is 0. The lowest BCUT2D eigenvalue weighted by Crippen LogP contribution is -2.40. The molecule has 1 atom stereocenters. The smallest absolute Gasteiger partial charge is 0.0631 e. The van der Waals surface area contributed by atoms with E-state index in [9.17, 15) is 0 Å². The van der Waals surface area contributed by atoms with E-state index in [1.165, 1.54) is 38.5 Å². The summed E-state index contributed by atoms with van der Waals surface area (Å²) in [5.74, 6) is 0. The van der Waals surface area contributed by atoms with E-state index in [2.05, 4.69) is 13.8 Å². The quantitative estimate of drug-likeness (QED) is 0.738. The predicted octanol–water partition coefficient (Wildman–Crippen LogP) is 2.61. The highest BCUT2D eigenvalue weighted by Gasteiger charge is 2.38. The van der Waals surface area contributed by atoms with Gasteiger partial charge in [-0.15, -0.1) is 0 Å². The molecule has 0 aromatic carbocycles. The van der Waals surface area contributed by atoms with Gasteiger partial charge >= 0.3 is 0 Å². The Kier molecular flexibility index (Phi) is 2.61. The second-order valence-electron chi connectivity index (χ2n) is 5.81. The Morgan fingerprint density at radius 1 is 1.21 bits per heavy atom. The monoisotopic (exact) mass is 197 g/mol. The first-order valence-electron chi connectivity index (χ1n) is 5.96. The van der Waals surface area contributed by atoms with Crippen molar-refractivity contribution in [1.82, 2.24) is 0 Å². The van der Waals surface area contributed by atoms with Crippen LogP contribution in [0.4, 0.5) is 0 Å². The largest absolute Gasteiger partial charge is 0.372 e. The van der Waals surface area contributed by atoms with Crippen molar-refractivity contribution in [2.75, 3.05) is 0 Å². The maximum Gasteiger partial charge on any atom is 0.0631 e. The lowest BCUT2D eigenvalue weighted by atomic mass is 9.90. The van der Waals surface area contributed by atoms with Gasteiger partial charge in [-0.05, 0) is 46.0 Å². The average Bonchev–Trinajstić information content (AvgIpc) is 2.59. The normalized spacial score (nSPS) is 34.9. The van der Waals surface area contributed by atoms with Crippen molar-refractivity contribution in [1.29, 1.82) is 0 Å². The molecule has 14 heavy (non-hydrogen) atoms. The van der Waals surface area contributed by atoms with E-state index >= 15 is 0 Å². The van der Waals surface area contributed by atoms with Gasteiger partial charge in [-0.25, -0.2) is 0 Å². The maximum atomic E-state index is 6.35. The van der Waals surface area contributed by atoms with Crippen LogP contribution in [0.3, 0.4) is 0 Å². The highest BCUT2D eigenvalue weighted by Crippen LogP contribution is 2.37. The molecule has 0 spiro atoms. The van der Waals surface area contributed by atoms with E-state index in [1.807, 2.05) is 0 Å². The summed E-state index contributed by atoms with van der Waals surface area (Å²) in [6.45, 7) is 4.37. The number of nitrogens with two attached hydrogens (primary N) is 1. The number of rotatable bonds is 2. The van der Waals surface area contributed by atoms with Crippen molar-refractivity contribution >= 4 is 0 Å². The fourth-order valence-corrected chi connectivity index (χ4v) is 2.96. The standard InChI is InChI=1S/C12H23NO/c1-11(2)8-5-10(14-11)9-12(13)6-3-4-7-12/h10H,3-9,13H2,1-2H3. The lowest BCUT2D eigenvalue weighted by Gasteiger charge is -2.28. The van der Waals surface area contributed by atoms with Crippen LogP contribution in [0.25, 0.3) is 0 Å². The van der Waals surface area contributed by atoms with Crippen LogP contribution in [0, 0.1) is 0 Å². The third-order valence-electron chi connectivity index (χ3n) is 3.79. The Balaban J connectivity index is 1.86. The second-order valence-corrected chi connectivity index (χ2v) is 5.81. The topological polar surface area (TPSA) is 35.2 Å². The minimum Gasteiger partial charge on any atom is -0.372 e. The lowest BCUT2D eigenvalue weighted by molar-refractivity contribution is -0.0265. The Morgan fingerprint density at radius 3 is 2.36 bits per heavy atom. The molecule has 2 rings (SSSR count). The summed E-state index contributed by atoms with van der Waals surface area (Å²) in [6, 6.07) is 0. The Bertz CT molecular complexity index is 206. The molecule has 2 aliphatic rings. The molecule has 1 heterocycles. The molecule has 1 saturated heterocycles. The highest BCUT2D eigenvalue weighted by molar-refractivity contribution is 4.94. The van der Waals surface area contributed by atoms with Gasteiger partial charge < -0.3 is 10.5 Å². The van der Waals surface area contributed by atoms with Crippen molar-refractivity contribution < 1.29 is 4.74 Å². The minimum absolute atomic E-state index is 0.0969. The van der Waals surface area contributed by atoms with Crippen LogP contribution in [-0.2, 0) is 4.74 Å². The van der Waals surface area contributed by atoms with E-state index in [1.54, 1.807) is 0 Å². The van der Waals surface area contributed by atoms with Gasteiger partial charge in [0.1, 0.15) is 0 Å². The summed E-state index contributed by atoms with van der Waals surface area (Å²) in [4.78, 5) is 0. The summed E-state index contributed by atoms with van der Waals surface area (Å²) < 4.78 is 6.00. The molecule has 1 saturated carbocycles. The Labute approximate surface area is 87.2 Å². The zero-order chi connectivity index (χ0) is 10.2. The summed E-state index contributed by atoms with van der Waals surface area (Å²) >= 11 is 0. The van der Waals surface area contributed by atoms with Crippen LogP contribution in [0.2, 0.25) is 0 Å². The number of hydrogen-bond acceptors (Lipinski definition) is 2. The van der Waals surface area contributed by atoms with Crippen LogP contribution in [-0.4, -0.2) is 17.2 Å². The van der Waals surface area contributed by atoms with Gasteiger partial charge in [0.2, 0.25) is 0 Å². The SMILES string of the molecule is CC1(C)CCC(CC2(N)CCCC2)O1. The van der Waals surface area contributed by atoms with Crippen molar-refractivity contribution in [2.45, 2.75) is 76.0 Å². The number of ether oxygens (including phenoxy) is 1. The molecule has 0 aromatic rings. The molecular weight excluding hydrogens is 174 g/mol. The predicted molar refractivity (Wildman–Crippen MR) is 58.2 cm³/mol. The van der Waals surface area contributed by atoms with E-state index in [0.29, 0.717) is 6.10 Å². The van der Waals surface area contributed by atoms with Crippen LogP contribution in [0.1, 0.15) is 58.8 Å². The van der Waals surface area contributed by atoms with Crippen molar-refractivity contribution in [2.24, 2.45) is 5.73 Å². The minimum atomic E-state index is 0.0969. The van der Waals surface area contributed by atoms with Crippen molar-refractivity contribution in [3.8, 4) is 0 Å². The van der Waals surface area contributed by atoms with Gasteiger partial charge in [-0.3, -0.25) is 0 Å². The Hall–Kier alpha value is -0.0800. The first-order valence-corrected chi connectivity index (χ1v) is 5.96. The van der Waals surface area contributed by atoms with Crippen LogP contribution < -0.4 is 5.73 Å². The van der Waals surface area contributed by atoms with E-state index in [4.69, 9.17) is 10.5 Å². The molecule has 0 amide bonds. The molecule has 0 bridgehead atoms. The number of hydrogen-bond donors (Lipinski definition) is 1. The zero-order valence-electron chi connectivity index (χ0n) is 9.51. The molecule has 1 unspecified atom stereocenters. The summed E-state index contributed by atoms with van der Waals surface area (Å²) in [6.07, 6.45) is 8.92. The first kappa shape index (κ1) is 10.4. The molecule has 2 fully saturated rings. The summed E-state index contributed by atoms with van der Waals surface area (Å²) in [5.41, 5.74) is 6.55. The molecule has 82 valence electrons. The van der Waals surface area contributed by atoms with Gasteiger partial charge in [0.25, 0.3) is 0 Å². The molecule has 1 aliphatic heterocycles. The van der Waals surface area contributed by atoms with Gasteiger partial charge in [-0.1, -0.05) is 12.8 Å². The molecule has 2 nitrogen and oxygen atoms in total. The maximum absolute atomic E-state index is 6.35. The fourth-order valence-electron chi connectivity index (χ4n) is 2.96.